The van der Waals surface area contributed by atoms with Crippen molar-refractivity contribution in [2.45, 2.75) is 20.3 Å². The number of aryl methyl sites for hydroxylation is 2. The standard InChI is InChI=1S/C11H12N4O/c1-3-8-7(2)11-12-10(14-15(11)13-8)9-5-4-6-16-9/h4-6,13H,3H2,1-2H3. The minimum atomic E-state index is 0.613. The van der Waals surface area contributed by atoms with Crippen LogP contribution in [0.1, 0.15) is 18.2 Å². The lowest BCUT2D eigenvalue weighted by Crippen LogP contribution is -1.89. The summed E-state index contributed by atoms with van der Waals surface area (Å²) < 4.78 is 6.96. The number of furan rings is 1. The fourth-order valence-corrected chi connectivity index (χ4v) is 1.83. The van der Waals surface area contributed by atoms with Gasteiger partial charge in [0.05, 0.1) is 6.26 Å². The van der Waals surface area contributed by atoms with E-state index in [0.717, 1.165) is 17.6 Å². The van der Waals surface area contributed by atoms with Gasteiger partial charge in [-0.05, 0) is 25.5 Å². The van der Waals surface area contributed by atoms with E-state index in [1.807, 2.05) is 19.1 Å². The fraction of sp³-hybridized carbons (Fsp3) is 0.273. The molecule has 0 aliphatic rings. The van der Waals surface area contributed by atoms with Gasteiger partial charge in [-0.25, -0.2) is 4.98 Å². The SMILES string of the molecule is CCc1[nH]n2nc(-c3ccco3)nc2c1C. The number of hydrogen-bond acceptors (Lipinski definition) is 3. The molecule has 5 nitrogen and oxygen atoms in total. The molecule has 3 heterocycles. The highest BCUT2D eigenvalue weighted by Crippen LogP contribution is 2.19. The molecule has 0 radical (unpaired) electrons. The van der Waals surface area contributed by atoms with Gasteiger partial charge in [0.2, 0.25) is 5.82 Å². The number of rotatable bonds is 2. The summed E-state index contributed by atoms with van der Waals surface area (Å²) in [6.45, 7) is 4.15. The second-order valence-corrected chi connectivity index (χ2v) is 3.72. The van der Waals surface area contributed by atoms with Crippen molar-refractivity contribution in [3.8, 4) is 11.6 Å². The van der Waals surface area contributed by atoms with E-state index in [0.29, 0.717) is 11.6 Å². The average molecular weight is 216 g/mol. The molecule has 0 fully saturated rings. The molecule has 16 heavy (non-hydrogen) atoms. The highest BCUT2D eigenvalue weighted by atomic mass is 16.3. The maximum absolute atomic E-state index is 5.26. The van der Waals surface area contributed by atoms with E-state index in [9.17, 15) is 0 Å². The van der Waals surface area contributed by atoms with Crippen LogP contribution in [0.2, 0.25) is 0 Å². The predicted octanol–water partition coefficient (Wildman–Crippen LogP) is 2.19. The van der Waals surface area contributed by atoms with Crippen LogP contribution in [0.5, 0.6) is 0 Å². The summed E-state index contributed by atoms with van der Waals surface area (Å²) in [7, 11) is 0. The fourth-order valence-electron chi connectivity index (χ4n) is 1.83. The minimum Gasteiger partial charge on any atom is -0.461 e. The number of fused-ring (bicyclic) bond motifs is 1. The Morgan fingerprint density at radius 3 is 3.00 bits per heavy atom. The van der Waals surface area contributed by atoms with Crippen molar-refractivity contribution in [1.29, 1.82) is 0 Å². The summed E-state index contributed by atoms with van der Waals surface area (Å²) in [4.78, 5) is 4.45. The Morgan fingerprint density at radius 2 is 2.38 bits per heavy atom. The lowest BCUT2D eigenvalue weighted by Gasteiger charge is -1.90. The van der Waals surface area contributed by atoms with Crippen LogP contribution in [-0.4, -0.2) is 19.8 Å². The third-order valence-corrected chi connectivity index (χ3v) is 2.73. The second-order valence-electron chi connectivity index (χ2n) is 3.72. The molecular formula is C11H12N4O. The van der Waals surface area contributed by atoms with Crippen LogP contribution in [0.25, 0.3) is 17.2 Å². The zero-order valence-corrected chi connectivity index (χ0v) is 9.19. The highest BCUT2D eigenvalue weighted by molar-refractivity contribution is 5.56. The number of H-pyrrole nitrogens is 1. The van der Waals surface area contributed by atoms with Gasteiger partial charge in [-0.15, -0.1) is 5.10 Å². The van der Waals surface area contributed by atoms with Crippen LogP contribution in [0.3, 0.4) is 0 Å². The summed E-state index contributed by atoms with van der Waals surface area (Å²) in [5.41, 5.74) is 3.18. The van der Waals surface area contributed by atoms with Gasteiger partial charge in [0.25, 0.3) is 0 Å². The molecule has 1 N–H and O–H groups in total. The van der Waals surface area contributed by atoms with E-state index >= 15 is 0 Å². The zero-order chi connectivity index (χ0) is 11.1. The molecule has 82 valence electrons. The summed E-state index contributed by atoms with van der Waals surface area (Å²) in [5, 5.41) is 7.54. The van der Waals surface area contributed by atoms with Crippen LogP contribution in [0.15, 0.2) is 22.8 Å². The number of aromatic amines is 1. The van der Waals surface area contributed by atoms with Gasteiger partial charge in [0.1, 0.15) is 0 Å². The molecule has 0 bridgehead atoms. The molecule has 0 unspecified atom stereocenters. The van der Waals surface area contributed by atoms with E-state index in [2.05, 4.69) is 22.1 Å². The maximum Gasteiger partial charge on any atom is 0.219 e. The molecule has 0 amide bonds. The second kappa shape index (κ2) is 3.23. The first-order valence-electron chi connectivity index (χ1n) is 5.27. The Labute approximate surface area is 92.1 Å². The lowest BCUT2D eigenvalue weighted by molar-refractivity contribution is 0.576. The van der Waals surface area contributed by atoms with Crippen LogP contribution in [0, 0.1) is 6.92 Å². The number of nitrogens with one attached hydrogen (secondary N) is 1. The van der Waals surface area contributed by atoms with Gasteiger partial charge in [0, 0.05) is 11.3 Å². The van der Waals surface area contributed by atoms with E-state index in [4.69, 9.17) is 4.42 Å². The smallest absolute Gasteiger partial charge is 0.219 e. The number of nitrogens with zero attached hydrogens (tertiary/aromatic N) is 3. The Morgan fingerprint density at radius 1 is 1.50 bits per heavy atom. The quantitative estimate of drug-likeness (QED) is 0.714. The summed E-state index contributed by atoms with van der Waals surface area (Å²) >= 11 is 0. The topological polar surface area (TPSA) is 59.1 Å². The van der Waals surface area contributed by atoms with E-state index in [1.165, 1.54) is 5.69 Å². The molecule has 0 aliphatic heterocycles. The molecule has 0 aromatic carbocycles. The minimum absolute atomic E-state index is 0.613. The first-order valence-corrected chi connectivity index (χ1v) is 5.27. The van der Waals surface area contributed by atoms with E-state index in [-0.39, 0.29) is 0 Å². The Kier molecular flexibility index (Phi) is 1.86. The van der Waals surface area contributed by atoms with Crippen molar-refractivity contribution >= 4 is 5.65 Å². The van der Waals surface area contributed by atoms with Crippen molar-refractivity contribution in [3.05, 3.63) is 29.7 Å². The molecule has 0 saturated carbocycles. The normalized spacial score (nSPS) is 11.4. The van der Waals surface area contributed by atoms with Crippen LogP contribution < -0.4 is 0 Å². The van der Waals surface area contributed by atoms with Gasteiger partial charge in [0.15, 0.2) is 11.4 Å². The van der Waals surface area contributed by atoms with Gasteiger partial charge in [-0.3, -0.25) is 5.10 Å². The van der Waals surface area contributed by atoms with Crippen molar-refractivity contribution < 1.29 is 4.42 Å². The molecule has 3 rings (SSSR count). The van der Waals surface area contributed by atoms with Crippen molar-refractivity contribution in [1.82, 2.24) is 19.8 Å². The third kappa shape index (κ3) is 1.18. The molecule has 5 heteroatoms. The summed E-state index contributed by atoms with van der Waals surface area (Å²) in [6.07, 6.45) is 2.57. The summed E-state index contributed by atoms with van der Waals surface area (Å²) in [6, 6.07) is 3.68. The average Bonchev–Trinajstić information content (AvgIpc) is 2.95. The molecule has 0 spiro atoms. The number of hydrogen-bond donors (Lipinski definition) is 1. The number of aromatic nitrogens is 4. The van der Waals surface area contributed by atoms with Gasteiger partial charge in [-0.1, -0.05) is 6.92 Å². The Hall–Kier alpha value is -2.04. The predicted molar refractivity (Wildman–Crippen MR) is 59.2 cm³/mol. The van der Waals surface area contributed by atoms with Crippen LogP contribution in [0.4, 0.5) is 0 Å². The Balaban J connectivity index is 2.18. The molecule has 3 aromatic rings. The van der Waals surface area contributed by atoms with Crippen molar-refractivity contribution in [2.24, 2.45) is 0 Å². The monoisotopic (exact) mass is 216 g/mol. The molecule has 0 aliphatic carbocycles. The molecular weight excluding hydrogens is 204 g/mol. The van der Waals surface area contributed by atoms with Gasteiger partial charge in [-0.2, -0.15) is 4.63 Å². The highest BCUT2D eigenvalue weighted by Gasteiger charge is 2.13. The van der Waals surface area contributed by atoms with Crippen molar-refractivity contribution in [3.63, 3.8) is 0 Å². The first-order chi connectivity index (χ1) is 7.79. The third-order valence-electron chi connectivity index (χ3n) is 2.73. The van der Waals surface area contributed by atoms with E-state index in [1.54, 1.807) is 10.9 Å². The van der Waals surface area contributed by atoms with Crippen molar-refractivity contribution in [2.75, 3.05) is 0 Å². The zero-order valence-electron chi connectivity index (χ0n) is 9.19. The van der Waals surface area contributed by atoms with Crippen LogP contribution >= 0.6 is 0 Å². The summed E-state index contributed by atoms with van der Waals surface area (Å²) in [5.74, 6) is 1.30. The molecule has 3 aromatic heterocycles. The van der Waals surface area contributed by atoms with Gasteiger partial charge < -0.3 is 4.42 Å². The van der Waals surface area contributed by atoms with E-state index < -0.39 is 0 Å². The van der Waals surface area contributed by atoms with Gasteiger partial charge >= 0.3 is 0 Å². The van der Waals surface area contributed by atoms with Crippen LogP contribution in [-0.2, 0) is 6.42 Å². The molecule has 0 atom stereocenters. The lowest BCUT2D eigenvalue weighted by atomic mass is 10.2. The molecule has 0 saturated heterocycles. The largest absolute Gasteiger partial charge is 0.461 e. The maximum atomic E-state index is 5.26. The Bertz CT molecular complexity index is 618. The first kappa shape index (κ1) is 9.21.